The Morgan fingerprint density at radius 1 is 0.561 bits per heavy atom. The number of aromatic nitrogens is 5. The van der Waals surface area contributed by atoms with Crippen molar-refractivity contribution in [2.45, 2.75) is 5.41 Å². The molecular weight excluding hydrogens is 685 g/mol. The molecule has 0 aliphatic rings. The van der Waals surface area contributed by atoms with Gasteiger partial charge in [0.15, 0.2) is 0 Å². The maximum Gasteiger partial charge on any atom is 2.00 e. The van der Waals surface area contributed by atoms with Crippen LogP contribution < -0.4 is 4.98 Å². The van der Waals surface area contributed by atoms with E-state index in [1.807, 2.05) is 66.7 Å². The second-order valence-electron chi connectivity index (χ2n) is 9.47. The van der Waals surface area contributed by atoms with E-state index < -0.39 is 5.41 Å². The molecule has 0 bridgehead atoms. The van der Waals surface area contributed by atoms with E-state index in [0.29, 0.717) is 17.2 Å². The monoisotopic (exact) mass is 708 g/mol. The molecule has 0 atom stereocenters. The predicted molar refractivity (Wildman–Crippen MR) is 156 cm³/mol. The fourth-order valence-electron chi connectivity index (χ4n) is 5.30. The van der Waals surface area contributed by atoms with Crippen LogP contribution in [0.15, 0.2) is 140 Å². The molecular formula is C35H23N5Pt. The summed E-state index contributed by atoms with van der Waals surface area (Å²) >= 11 is 0. The summed E-state index contributed by atoms with van der Waals surface area (Å²) in [5, 5.41) is 0. The Labute approximate surface area is 252 Å². The van der Waals surface area contributed by atoms with Gasteiger partial charge in [0.2, 0.25) is 0 Å². The Balaban J connectivity index is 0.00000302. The zero-order chi connectivity index (χ0) is 26.8. The van der Waals surface area contributed by atoms with Crippen molar-refractivity contribution in [3.63, 3.8) is 0 Å². The van der Waals surface area contributed by atoms with E-state index >= 15 is 0 Å². The summed E-state index contributed by atoms with van der Waals surface area (Å²) in [7, 11) is 0. The van der Waals surface area contributed by atoms with E-state index in [-0.39, 0.29) is 21.1 Å². The minimum atomic E-state index is -0.812. The van der Waals surface area contributed by atoms with Crippen LogP contribution in [0.1, 0.15) is 22.5 Å². The first-order valence-electron chi connectivity index (χ1n) is 13.1. The number of imidazole rings is 1. The van der Waals surface area contributed by atoms with Gasteiger partial charge in [-0.15, -0.1) is 35.9 Å². The first-order chi connectivity index (χ1) is 19.8. The zero-order valence-corrected chi connectivity index (χ0v) is 24.1. The summed E-state index contributed by atoms with van der Waals surface area (Å²) in [4.78, 5) is 24.3. The number of hydrogen-bond donors (Lipinski definition) is 0. The van der Waals surface area contributed by atoms with Crippen molar-refractivity contribution in [3.8, 4) is 22.8 Å². The molecule has 0 N–H and O–H groups in total. The first kappa shape index (κ1) is 26.5. The number of benzene rings is 3. The molecule has 0 radical (unpaired) electrons. The van der Waals surface area contributed by atoms with Crippen LogP contribution in [-0.2, 0) is 26.5 Å². The molecule has 0 aliphatic heterocycles. The van der Waals surface area contributed by atoms with Gasteiger partial charge in [-0.05, 0) is 41.2 Å². The third kappa shape index (κ3) is 4.79. The number of rotatable bonds is 6. The van der Waals surface area contributed by atoms with E-state index in [4.69, 9.17) is 15.0 Å². The van der Waals surface area contributed by atoms with Crippen molar-refractivity contribution in [2.24, 2.45) is 0 Å². The van der Waals surface area contributed by atoms with Crippen LogP contribution in [0.3, 0.4) is 0 Å². The molecule has 0 unspecified atom stereocenters. The van der Waals surface area contributed by atoms with Gasteiger partial charge < -0.3 is 15.0 Å². The molecule has 41 heavy (non-hydrogen) atoms. The van der Waals surface area contributed by atoms with Crippen LogP contribution >= 0.6 is 0 Å². The zero-order valence-electron chi connectivity index (χ0n) is 21.8. The fourth-order valence-corrected chi connectivity index (χ4v) is 5.30. The molecule has 3 aromatic carbocycles. The third-order valence-electron chi connectivity index (χ3n) is 7.10. The van der Waals surface area contributed by atoms with Crippen LogP contribution in [0.2, 0.25) is 0 Å². The van der Waals surface area contributed by atoms with Crippen molar-refractivity contribution in [1.82, 2.24) is 24.9 Å². The van der Waals surface area contributed by atoms with Gasteiger partial charge in [0.1, 0.15) is 5.41 Å². The quantitative estimate of drug-likeness (QED) is 0.176. The second-order valence-corrected chi connectivity index (χ2v) is 9.47. The molecule has 4 aromatic heterocycles. The maximum atomic E-state index is 5.27. The largest absolute Gasteiger partial charge is 2.00 e. The normalized spacial score (nSPS) is 11.2. The van der Waals surface area contributed by atoms with Crippen LogP contribution in [-0.4, -0.2) is 19.9 Å². The SMILES string of the molecule is [Pt+2].[c-]1ccccc1-c1cccc(C(c2ccccc2)(c2ccccc2)c2cccc(-c3nc4cccnc4[n-]3)n2)n1. The predicted octanol–water partition coefficient (Wildman–Crippen LogP) is 6.89. The summed E-state index contributed by atoms with van der Waals surface area (Å²) in [5.74, 6) is 0.547. The molecule has 198 valence electrons. The molecule has 0 saturated heterocycles. The van der Waals surface area contributed by atoms with Gasteiger partial charge in [-0.25, -0.2) is 0 Å². The molecule has 0 aliphatic carbocycles. The van der Waals surface area contributed by atoms with Crippen molar-refractivity contribution < 1.29 is 21.1 Å². The Morgan fingerprint density at radius 3 is 1.83 bits per heavy atom. The van der Waals surface area contributed by atoms with Gasteiger partial charge in [0, 0.05) is 17.0 Å². The number of pyridine rings is 3. The fraction of sp³-hybridized carbons (Fsp3) is 0.0286. The van der Waals surface area contributed by atoms with Gasteiger partial charge in [-0.1, -0.05) is 91.0 Å². The Hall–Kier alpha value is -4.73. The van der Waals surface area contributed by atoms with Crippen molar-refractivity contribution in [1.29, 1.82) is 0 Å². The Kier molecular flexibility index (Phi) is 7.37. The third-order valence-corrected chi connectivity index (χ3v) is 7.10. The molecule has 7 aromatic rings. The van der Waals surface area contributed by atoms with Crippen molar-refractivity contribution >= 4 is 11.2 Å². The number of hydrogen-bond acceptors (Lipinski definition) is 4. The first-order valence-corrected chi connectivity index (χ1v) is 13.1. The van der Waals surface area contributed by atoms with Crippen LogP contribution in [0.4, 0.5) is 0 Å². The Bertz CT molecular complexity index is 1830. The summed E-state index contributed by atoms with van der Waals surface area (Å²) < 4.78 is 0. The summed E-state index contributed by atoms with van der Waals surface area (Å²) in [6.45, 7) is 0. The molecule has 0 saturated carbocycles. The van der Waals surface area contributed by atoms with E-state index in [1.165, 1.54) is 0 Å². The van der Waals surface area contributed by atoms with Gasteiger partial charge in [0.05, 0.1) is 17.1 Å². The minimum absolute atomic E-state index is 0. The summed E-state index contributed by atoms with van der Waals surface area (Å²) in [6, 6.07) is 48.1. The van der Waals surface area contributed by atoms with Crippen molar-refractivity contribution in [3.05, 3.63) is 168 Å². The molecule has 0 spiro atoms. The summed E-state index contributed by atoms with van der Waals surface area (Å²) in [6.07, 6.45) is 1.73. The average Bonchev–Trinajstić information content (AvgIpc) is 3.48. The van der Waals surface area contributed by atoms with E-state index in [0.717, 1.165) is 39.3 Å². The van der Waals surface area contributed by atoms with E-state index in [2.05, 4.69) is 82.8 Å². The van der Waals surface area contributed by atoms with Crippen molar-refractivity contribution in [2.75, 3.05) is 0 Å². The second kappa shape index (κ2) is 11.4. The van der Waals surface area contributed by atoms with Crippen LogP contribution in [0.5, 0.6) is 0 Å². The molecule has 0 fully saturated rings. The average molecular weight is 709 g/mol. The van der Waals surface area contributed by atoms with Gasteiger partial charge in [0.25, 0.3) is 0 Å². The van der Waals surface area contributed by atoms with Crippen LogP contribution in [0.25, 0.3) is 33.9 Å². The van der Waals surface area contributed by atoms with E-state index in [9.17, 15) is 0 Å². The van der Waals surface area contributed by atoms with Crippen LogP contribution in [0, 0.1) is 6.07 Å². The topological polar surface area (TPSA) is 65.7 Å². The molecule has 7 rings (SSSR count). The van der Waals surface area contributed by atoms with E-state index in [1.54, 1.807) is 6.20 Å². The Morgan fingerprint density at radius 2 is 1.20 bits per heavy atom. The van der Waals surface area contributed by atoms with Gasteiger partial charge in [-0.3, -0.25) is 9.97 Å². The smallest absolute Gasteiger partial charge is 0.368 e. The minimum Gasteiger partial charge on any atom is -0.368 e. The van der Waals surface area contributed by atoms with Gasteiger partial charge >= 0.3 is 21.1 Å². The standard InChI is InChI=1S/C35H23N5.Pt/c1-4-13-25(14-5-1)28-19-10-22-31(37-28)35(26-15-6-2-7-16-26,27-17-8-3-9-18-27)32-23-11-20-30(38-32)34-39-29-21-12-24-36-33(29)40-34;/h1-13,15-24H;/q-2;+2. The number of nitrogens with zero attached hydrogens (tertiary/aromatic N) is 5. The molecule has 5 nitrogen and oxygen atoms in total. The maximum absolute atomic E-state index is 5.27. The molecule has 0 amide bonds. The molecule has 6 heteroatoms. The number of fused-ring (bicyclic) bond motifs is 1. The van der Waals surface area contributed by atoms with Gasteiger partial charge in [-0.2, -0.15) is 0 Å². The summed E-state index contributed by atoms with van der Waals surface area (Å²) in [5.41, 5.74) is 6.81. The molecule has 4 heterocycles.